The molecule has 6 heteroatoms. The van der Waals surface area contributed by atoms with E-state index in [1.807, 2.05) is 53.2 Å². The summed E-state index contributed by atoms with van der Waals surface area (Å²) in [7, 11) is 1.68. The number of halogens is 1. The van der Waals surface area contributed by atoms with Crippen LogP contribution in [-0.4, -0.2) is 34.9 Å². The van der Waals surface area contributed by atoms with Crippen molar-refractivity contribution in [1.82, 2.24) is 9.78 Å². The van der Waals surface area contributed by atoms with Gasteiger partial charge in [-0.1, -0.05) is 35.9 Å². The Hall–Kier alpha value is -2.34. The maximum atomic E-state index is 6.25. The van der Waals surface area contributed by atoms with E-state index in [1.165, 1.54) is 0 Å². The molecule has 1 fully saturated rings. The molecule has 2 atom stereocenters. The SMILES string of the molecule is COc1ccccc1-n1nc2c(c1-c1ccc(Cl)cc1)CC1(C2)O[C@@H](C)[C@H](C)O1. The van der Waals surface area contributed by atoms with Crippen molar-refractivity contribution in [3.8, 4) is 22.7 Å². The predicted molar refractivity (Wildman–Crippen MR) is 112 cm³/mol. The van der Waals surface area contributed by atoms with E-state index in [2.05, 4.69) is 13.8 Å². The molecule has 1 saturated heterocycles. The minimum atomic E-state index is -0.614. The number of benzene rings is 2. The van der Waals surface area contributed by atoms with Crippen LogP contribution in [0.4, 0.5) is 0 Å². The predicted octanol–water partition coefficient (Wildman–Crippen LogP) is 4.82. The van der Waals surface area contributed by atoms with Crippen LogP contribution < -0.4 is 4.74 Å². The van der Waals surface area contributed by atoms with Crippen molar-refractivity contribution in [3.05, 3.63) is 64.8 Å². The molecule has 29 heavy (non-hydrogen) atoms. The zero-order chi connectivity index (χ0) is 20.2. The van der Waals surface area contributed by atoms with Crippen molar-refractivity contribution in [2.45, 2.75) is 44.7 Å². The first-order chi connectivity index (χ1) is 14.0. The summed E-state index contributed by atoms with van der Waals surface area (Å²) < 4.78 is 20.1. The molecule has 1 spiro atoms. The highest BCUT2D eigenvalue weighted by Crippen LogP contribution is 2.45. The molecular formula is C23H23ClN2O3. The van der Waals surface area contributed by atoms with Crippen molar-refractivity contribution in [2.75, 3.05) is 7.11 Å². The van der Waals surface area contributed by atoms with Crippen LogP contribution in [0.2, 0.25) is 5.02 Å². The Morgan fingerprint density at radius 2 is 1.72 bits per heavy atom. The summed E-state index contributed by atoms with van der Waals surface area (Å²) in [5.74, 6) is 0.159. The topological polar surface area (TPSA) is 45.5 Å². The monoisotopic (exact) mass is 410 g/mol. The molecule has 0 N–H and O–H groups in total. The average Bonchev–Trinajstić information content (AvgIpc) is 3.32. The molecule has 3 aromatic rings. The van der Waals surface area contributed by atoms with E-state index in [1.54, 1.807) is 7.11 Å². The van der Waals surface area contributed by atoms with Gasteiger partial charge in [-0.25, -0.2) is 4.68 Å². The van der Waals surface area contributed by atoms with Gasteiger partial charge >= 0.3 is 0 Å². The summed E-state index contributed by atoms with van der Waals surface area (Å²) in [4.78, 5) is 0. The first kappa shape index (κ1) is 18.7. The highest BCUT2D eigenvalue weighted by Gasteiger charge is 2.50. The second-order valence-corrected chi connectivity index (χ2v) is 8.21. The van der Waals surface area contributed by atoms with Gasteiger partial charge in [0.2, 0.25) is 0 Å². The molecule has 0 bridgehead atoms. The molecule has 5 rings (SSSR count). The van der Waals surface area contributed by atoms with Crippen molar-refractivity contribution in [2.24, 2.45) is 0 Å². The van der Waals surface area contributed by atoms with Crippen LogP contribution in [0.5, 0.6) is 5.75 Å². The number of fused-ring (bicyclic) bond motifs is 1. The lowest BCUT2D eigenvalue weighted by molar-refractivity contribution is -0.164. The number of hydrogen-bond donors (Lipinski definition) is 0. The molecule has 1 aliphatic carbocycles. The minimum Gasteiger partial charge on any atom is -0.494 e. The summed E-state index contributed by atoms with van der Waals surface area (Å²) in [5.41, 5.74) is 5.13. The molecule has 5 nitrogen and oxygen atoms in total. The molecule has 2 aromatic carbocycles. The Balaban J connectivity index is 1.66. The Morgan fingerprint density at radius 1 is 1.03 bits per heavy atom. The summed E-state index contributed by atoms with van der Waals surface area (Å²) in [6.45, 7) is 4.12. The molecule has 150 valence electrons. The van der Waals surface area contributed by atoms with Crippen LogP contribution >= 0.6 is 11.6 Å². The highest BCUT2D eigenvalue weighted by atomic mass is 35.5. The maximum Gasteiger partial charge on any atom is 0.178 e. The van der Waals surface area contributed by atoms with Gasteiger partial charge in [0.1, 0.15) is 11.4 Å². The number of para-hydroxylation sites is 2. The minimum absolute atomic E-state index is 0.0688. The first-order valence-corrected chi connectivity index (χ1v) is 10.2. The van der Waals surface area contributed by atoms with Gasteiger partial charge in [-0.2, -0.15) is 5.10 Å². The lowest BCUT2D eigenvalue weighted by Gasteiger charge is -2.23. The number of aromatic nitrogens is 2. The molecule has 0 saturated carbocycles. The Bertz CT molecular complexity index is 1050. The fourth-order valence-corrected chi connectivity index (χ4v) is 4.48. The normalized spacial score (nSPS) is 22.2. The van der Waals surface area contributed by atoms with E-state index in [9.17, 15) is 0 Å². The third kappa shape index (κ3) is 3.05. The third-order valence-corrected chi connectivity index (χ3v) is 6.09. The zero-order valence-electron chi connectivity index (χ0n) is 16.7. The van der Waals surface area contributed by atoms with Crippen LogP contribution in [0.3, 0.4) is 0 Å². The van der Waals surface area contributed by atoms with Gasteiger partial charge < -0.3 is 14.2 Å². The smallest absolute Gasteiger partial charge is 0.178 e. The summed E-state index contributed by atoms with van der Waals surface area (Å²) in [6, 6.07) is 15.8. The second kappa shape index (κ2) is 6.87. The van der Waals surface area contributed by atoms with Gasteiger partial charge in [0.15, 0.2) is 5.79 Å². The third-order valence-electron chi connectivity index (χ3n) is 5.84. The summed E-state index contributed by atoms with van der Waals surface area (Å²) >= 11 is 6.14. The molecule has 2 aliphatic rings. The van der Waals surface area contributed by atoms with Gasteiger partial charge in [0.25, 0.3) is 0 Å². The lowest BCUT2D eigenvalue weighted by Crippen LogP contribution is -2.32. The Labute approximate surface area is 175 Å². The number of rotatable bonds is 3. The van der Waals surface area contributed by atoms with Crippen molar-refractivity contribution >= 4 is 11.6 Å². The number of nitrogens with zero attached hydrogens (tertiary/aromatic N) is 2. The standard InChI is InChI=1S/C23H23ClN2O3/c1-14-15(2)29-23(28-14)12-18-19(13-23)25-26(20-6-4-5-7-21(20)27-3)22(18)16-8-10-17(24)11-9-16/h4-11,14-15H,12-13H2,1-3H3/t14-,15-/m0/s1. The van der Waals surface area contributed by atoms with Crippen LogP contribution in [0, 0.1) is 0 Å². The molecular weight excluding hydrogens is 388 g/mol. The molecule has 2 heterocycles. The van der Waals surface area contributed by atoms with Gasteiger partial charge in [-0.3, -0.25) is 0 Å². The summed E-state index contributed by atoms with van der Waals surface area (Å²) in [6.07, 6.45) is 1.45. The van der Waals surface area contributed by atoms with Crippen molar-refractivity contribution in [1.29, 1.82) is 0 Å². The van der Waals surface area contributed by atoms with Crippen molar-refractivity contribution in [3.63, 3.8) is 0 Å². The van der Waals surface area contributed by atoms with Crippen LogP contribution in [-0.2, 0) is 22.3 Å². The quantitative estimate of drug-likeness (QED) is 0.621. The van der Waals surface area contributed by atoms with E-state index < -0.39 is 5.79 Å². The van der Waals surface area contributed by atoms with E-state index in [4.69, 9.17) is 30.9 Å². The van der Waals surface area contributed by atoms with Crippen LogP contribution in [0.15, 0.2) is 48.5 Å². The molecule has 1 aliphatic heterocycles. The van der Waals surface area contributed by atoms with Gasteiger partial charge in [-0.05, 0) is 38.1 Å². The Kier molecular flexibility index (Phi) is 4.42. The van der Waals surface area contributed by atoms with Gasteiger partial charge in [0, 0.05) is 29.0 Å². The fraction of sp³-hybridized carbons (Fsp3) is 0.348. The molecule has 0 radical (unpaired) electrons. The fourth-order valence-electron chi connectivity index (χ4n) is 4.36. The molecule has 0 unspecified atom stereocenters. The number of ether oxygens (including phenoxy) is 3. The van der Waals surface area contributed by atoms with E-state index in [0.29, 0.717) is 17.9 Å². The lowest BCUT2D eigenvalue weighted by atomic mass is 10.1. The maximum absolute atomic E-state index is 6.25. The zero-order valence-corrected chi connectivity index (χ0v) is 17.4. The number of hydrogen-bond acceptors (Lipinski definition) is 4. The first-order valence-electron chi connectivity index (χ1n) is 9.85. The second-order valence-electron chi connectivity index (χ2n) is 7.77. The van der Waals surface area contributed by atoms with E-state index in [0.717, 1.165) is 34.0 Å². The van der Waals surface area contributed by atoms with Gasteiger partial charge in [-0.15, -0.1) is 0 Å². The average molecular weight is 411 g/mol. The summed E-state index contributed by atoms with van der Waals surface area (Å²) in [5, 5.41) is 5.69. The van der Waals surface area contributed by atoms with Gasteiger partial charge in [0.05, 0.1) is 30.7 Å². The van der Waals surface area contributed by atoms with E-state index >= 15 is 0 Å². The van der Waals surface area contributed by atoms with Crippen molar-refractivity contribution < 1.29 is 14.2 Å². The molecule has 0 amide bonds. The number of methoxy groups -OCH3 is 1. The largest absolute Gasteiger partial charge is 0.494 e. The molecule has 1 aromatic heterocycles. The van der Waals surface area contributed by atoms with Crippen LogP contribution in [0.1, 0.15) is 25.1 Å². The Morgan fingerprint density at radius 3 is 2.41 bits per heavy atom. The van der Waals surface area contributed by atoms with E-state index in [-0.39, 0.29) is 12.2 Å². The highest BCUT2D eigenvalue weighted by molar-refractivity contribution is 6.30. The van der Waals surface area contributed by atoms with Crippen LogP contribution in [0.25, 0.3) is 16.9 Å².